The van der Waals surface area contributed by atoms with E-state index >= 15 is 0 Å². The fourth-order valence-corrected chi connectivity index (χ4v) is 2.19. The summed E-state index contributed by atoms with van der Waals surface area (Å²) in [6.45, 7) is 3.83. The van der Waals surface area contributed by atoms with Gasteiger partial charge in [0.2, 0.25) is 0 Å². The molecule has 0 aromatic heterocycles. The van der Waals surface area contributed by atoms with Gasteiger partial charge in [-0.2, -0.15) is 0 Å². The fourth-order valence-electron chi connectivity index (χ4n) is 2.19. The number of benzene rings is 2. The summed E-state index contributed by atoms with van der Waals surface area (Å²) in [6.07, 6.45) is 2.51. The standard InChI is InChI=1S/C19H19NO4/c1-13-6-8-17(14(2)10-13)24-12-18(21)20-16-5-3-4-15(11-16)7-9-19(22)23/h3-11H,12H2,1-2H3,(H,20,21)(H,22,23)/b9-7+. The molecule has 0 heterocycles. The number of anilines is 1. The zero-order chi connectivity index (χ0) is 17.5. The van der Waals surface area contributed by atoms with Crippen molar-refractivity contribution < 1.29 is 19.4 Å². The smallest absolute Gasteiger partial charge is 0.328 e. The Kier molecular flexibility index (Phi) is 5.73. The number of amides is 1. The Balaban J connectivity index is 1.94. The first-order chi connectivity index (χ1) is 11.4. The summed E-state index contributed by atoms with van der Waals surface area (Å²) in [7, 11) is 0. The van der Waals surface area contributed by atoms with Gasteiger partial charge in [-0.15, -0.1) is 0 Å². The van der Waals surface area contributed by atoms with Gasteiger partial charge in [0.25, 0.3) is 5.91 Å². The molecule has 0 aliphatic rings. The van der Waals surface area contributed by atoms with Gasteiger partial charge in [0.15, 0.2) is 6.61 Å². The number of ether oxygens (including phenoxy) is 1. The van der Waals surface area contributed by atoms with Gasteiger partial charge in [-0.25, -0.2) is 4.79 Å². The highest BCUT2D eigenvalue weighted by Gasteiger charge is 2.06. The van der Waals surface area contributed by atoms with E-state index in [0.717, 1.165) is 17.2 Å². The van der Waals surface area contributed by atoms with Gasteiger partial charge in [-0.05, 0) is 49.2 Å². The lowest BCUT2D eigenvalue weighted by Gasteiger charge is -2.10. The minimum atomic E-state index is -1.02. The first-order valence-electron chi connectivity index (χ1n) is 7.45. The van der Waals surface area contributed by atoms with Crippen molar-refractivity contribution in [3.63, 3.8) is 0 Å². The summed E-state index contributed by atoms with van der Waals surface area (Å²) in [5.41, 5.74) is 3.38. The average molecular weight is 325 g/mol. The van der Waals surface area contributed by atoms with Crippen molar-refractivity contribution in [2.45, 2.75) is 13.8 Å². The van der Waals surface area contributed by atoms with Crippen LogP contribution in [0, 0.1) is 13.8 Å². The summed E-state index contributed by atoms with van der Waals surface area (Å²) in [5.74, 6) is -0.630. The van der Waals surface area contributed by atoms with Crippen LogP contribution >= 0.6 is 0 Å². The molecule has 0 radical (unpaired) electrons. The largest absolute Gasteiger partial charge is 0.483 e. The molecular formula is C19H19NO4. The minimum absolute atomic E-state index is 0.0981. The molecule has 2 aromatic rings. The zero-order valence-corrected chi connectivity index (χ0v) is 13.6. The Hall–Kier alpha value is -3.08. The van der Waals surface area contributed by atoms with Crippen LogP contribution in [0.25, 0.3) is 6.08 Å². The third-order valence-corrected chi connectivity index (χ3v) is 3.28. The van der Waals surface area contributed by atoms with Crippen LogP contribution in [-0.4, -0.2) is 23.6 Å². The highest BCUT2D eigenvalue weighted by Crippen LogP contribution is 2.18. The lowest BCUT2D eigenvalue weighted by atomic mass is 10.1. The first kappa shape index (κ1) is 17.3. The van der Waals surface area contributed by atoms with Crippen LogP contribution in [0.2, 0.25) is 0 Å². The van der Waals surface area contributed by atoms with Crippen LogP contribution in [0.15, 0.2) is 48.5 Å². The summed E-state index contributed by atoms with van der Waals surface area (Å²) in [4.78, 5) is 22.5. The number of hydrogen-bond donors (Lipinski definition) is 2. The van der Waals surface area contributed by atoms with Gasteiger partial charge in [-0.3, -0.25) is 4.79 Å². The predicted molar refractivity (Wildman–Crippen MR) is 93.2 cm³/mol. The third-order valence-electron chi connectivity index (χ3n) is 3.28. The quantitative estimate of drug-likeness (QED) is 0.798. The highest BCUT2D eigenvalue weighted by molar-refractivity contribution is 5.92. The molecule has 1 amide bonds. The number of hydrogen-bond acceptors (Lipinski definition) is 3. The number of rotatable bonds is 6. The molecule has 0 spiro atoms. The highest BCUT2D eigenvalue weighted by atomic mass is 16.5. The van der Waals surface area contributed by atoms with E-state index in [0.29, 0.717) is 17.0 Å². The molecule has 0 atom stereocenters. The van der Waals surface area contributed by atoms with Crippen molar-refractivity contribution >= 4 is 23.6 Å². The van der Waals surface area contributed by atoms with E-state index in [-0.39, 0.29) is 12.5 Å². The van der Waals surface area contributed by atoms with Gasteiger partial charge < -0.3 is 15.2 Å². The topological polar surface area (TPSA) is 75.6 Å². The maximum Gasteiger partial charge on any atom is 0.328 e. The van der Waals surface area contributed by atoms with E-state index in [1.807, 2.05) is 32.0 Å². The Bertz CT molecular complexity index is 781. The summed E-state index contributed by atoms with van der Waals surface area (Å²) < 4.78 is 5.53. The molecule has 0 aliphatic carbocycles. The fraction of sp³-hybridized carbons (Fsp3) is 0.158. The molecule has 0 saturated heterocycles. The number of nitrogens with one attached hydrogen (secondary N) is 1. The van der Waals surface area contributed by atoms with Crippen molar-refractivity contribution in [1.29, 1.82) is 0 Å². The van der Waals surface area contributed by atoms with E-state index in [1.165, 1.54) is 6.08 Å². The SMILES string of the molecule is Cc1ccc(OCC(=O)Nc2cccc(/C=C/C(=O)O)c2)c(C)c1. The first-order valence-corrected chi connectivity index (χ1v) is 7.45. The Morgan fingerprint density at radius 3 is 2.67 bits per heavy atom. The molecule has 0 bridgehead atoms. The number of carbonyl (C=O) groups excluding carboxylic acids is 1. The Morgan fingerprint density at radius 2 is 1.96 bits per heavy atom. The molecule has 0 saturated carbocycles. The van der Waals surface area contributed by atoms with Gasteiger partial charge in [0, 0.05) is 11.8 Å². The Morgan fingerprint density at radius 1 is 1.17 bits per heavy atom. The van der Waals surface area contributed by atoms with Crippen LogP contribution in [0.5, 0.6) is 5.75 Å². The summed E-state index contributed by atoms with van der Waals surface area (Å²) >= 11 is 0. The van der Waals surface area contributed by atoms with Gasteiger partial charge in [0.05, 0.1) is 0 Å². The molecular weight excluding hydrogens is 306 g/mol. The summed E-state index contributed by atoms with van der Waals surface area (Å²) in [6, 6.07) is 12.7. The molecule has 2 aromatic carbocycles. The van der Waals surface area contributed by atoms with Crippen molar-refractivity contribution in [3.8, 4) is 5.75 Å². The molecule has 2 rings (SSSR count). The molecule has 0 aliphatic heterocycles. The molecule has 0 unspecified atom stereocenters. The second-order valence-electron chi connectivity index (χ2n) is 5.40. The van der Waals surface area contributed by atoms with Gasteiger partial charge in [0.1, 0.15) is 5.75 Å². The zero-order valence-electron chi connectivity index (χ0n) is 13.6. The average Bonchev–Trinajstić information content (AvgIpc) is 2.52. The molecule has 5 nitrogen and oxygen atoms in total. The monoisotopic (exact) mass is 325 g/mol. The van der Waals surface area contributed by atoms with E-state index < -0.39 is 5.97 Å². The normalized spacial score (nSPS) is 10.6. The third kappa shape index (κ3) is 5.28. The van der Waals surface area contributed by atoms with Crippen molar-refractivity contribution in [2.24, 2.45) is 0 Å². The van der Waals surface area contributed by atoms with Crippen molar-refractivity contribution in [2.75, 3.05) is 11.9 Å². The second kappa shape index (κ2) is 7.97. The lowest BCUT2D eigenvalue weighted by Crippen LogP contribution is -2.20. The minimum Gasteiger partial charge on any atom is -0.483 e. The van der Waals surface area contributed by atoms with Gasteiger partial charge >= 0.3 is 5.97 Å². The van der Waals surface area contributed by atoms with Gasteiger partial charge in [-0.1, -0.05) is 29.8 Å². The van der Waals surface area contributed by atoms with Crippen molar-refractivity contribution in [1.82, 2.24) is 0 Å². The second-order valence-corrected chi connectivity index (χ2v) is 5.40. The lowest BCUT2D eigenvalue weighted by molar-refractivity contribution is -0.131. The number of aryl methyl sites for hydroxylation is 2. The maximum atomic E-state index is 12.0. The van der Waals surface area contributed by atoms with E-state index in [9.17, 15) is 9.59 Å². The van der Waals surface area contributed by atoms with Crippen LogP contribution in [0.4, 0.5) is 5.69 Å². The van der Waals surface area contributed by atoms with Crippen LogP contribution in [0.3, 0.4) is 0 Å². The number of carboxylic acid groups (broad SMARTS) is 1. The number of aliphatic carboxylic acids is 1. The van der Waals surface area contributed by atoms with E-state index in [4.69, 9.17) is 9.84 Å². The number of carbonyl (C=O) groups is 2. The summed E-state index contributed by atoms with van der Waals surface area (Å²) in [5, 5.41) is 11.4. The molecule has 24 heavy (non-hydrogen) atoms. The maximum absolute atomic E-state index is 12.0. The molecule has 124 valence electrons. The Labute approximate surface area is 140 Å². The van der Waals surface area contributed by atoms with Crippen LogP contribution < -0.4 is 10.1 Å². The van der Waals surface area contributed by atoms with Crippen LogP contribution in [0.1, 0.15) is 16.7 Å². The predicted octanol–water partition coefficient (Wildman–Crippen LogP) is 3.42. The molecule has 5 heteroatoms. The molecule has 2 N–H and O–H groups in total. The van der Waals surface area contributed by atoms with Crippen LogP contribution in [-0.2, 0) is 9.59 Å². The van der Waals surface area contributed by atoms with Crippen molar-refractivity contribution in [3.05, 3.63) is 65.2 Å². The molecule has 0 fully saturated rings. The van der Waals surface area contributed by atoms with E-state index in [2.05, 4.69) is 5.32 Å². The number of carboxylic acids is 1. The van der Waals surface area contributed by atoms with E-state index in [1.54, 1.807) is 24.3 Å².